The molecule has 0 aliphatic heterocycles. The summed E-state index contributed by atoms with van der Waals surface area (Å²) in [4.78, 5) is 27.6. The zero-order chi connectivity index (χ0) is 15.2. The van der Waals surface area contributed by atoms with Gasteiger partial charge in [-0.1, -0.05) is 24.3 Å². The molecule has 2 rings (SSSR count). The zero-order valence-corrected chi connectivity index (χ0v) is 12.2. The van der Waals surface area contributed by atoms with Crippen molar-refractivity contribution in [1.29, 1.82) is 0 Å². The van der Waals surface area contributed by atoms with Crippen LogP contribution in [0.3, 0.4) is 0 Å². The van der Waals surface area contributed by atoms with Crippen molar-refractivity contribution in [2.45, 2.75) is 13.1 Å². The third-order valence-corrected chi connectivity index (χ3v) is 3.09. The number of nitrogens with zero attached hydrogens (tertiary/aromatic N) is 1. The first-order valence-electron chi connectivity index (χ1n) is 6.74. The fourth-order valence-electron chi connectivity index (χ4n) is 2.05. The molecule has 1 aromatic carbocycles. The van der Waals surface area contributed by atoms with Crippen LogP contribution < -0.4 is 10.9 Å². The van der Waals surface area contributed by atoms with Crippen LogP contribution >= 0.6 is 0 Å². The maximum absolute atomic E-state index is 12.0. The van der Waals surface area contributed by atoms with Crippen molar-refractivity contribution in [3.05, 3.63) is 69.6 Å². The van der Waals surface area contributed by atoms with Crippen LogP contribution in [0.2, 0.25) is 0 Å². The maximum atomic E-state index is 12.0. The van der Waals surface area contributed by atoms with Crippen LogP contribution in [0.25, 0.3) is 0 Å². The standard InChI is InChI=1S/C16H19N3O2/c1-19(2)11-14-6-4-3-5-12(14)9-18-16(21)13-7-8-15(20)17-10-13/h3-8,10H,9,11H2,1-2H3,(H,17,20)(H,18,21). The molecule has 2 N–H and O–H groups in total. The number of pyridine rings is 1. The van der Waals surface area contributed by atoms with E-state index in [1.54, 1.807) is 0 Å². The summed E-state index contributed by atoms with van der Waals surface area (Å²) < 4.78 is 0. The quantitative estimate of drug-likeness (QED) is 0.872. The number of H-pyrrole nitrogens is 1. The molecule has 0 bridgehead atoms. The van der Waals surface area contributed by atoms with Gasteiger partial charge in [0.1, 0.15) is 0 Å². The monoisotopic (exact) mass is 285 g/mol. The molecule has 0 atom stereocenters. The largest absolute Gasteiger partial charge is 0.348 e. The summed E-state index contributed by atoms with van der Waals surface area (Å²) in [6, 6.07) is 10.9. The van der Waals surface area contributed by atoms with E-state index in [4.69, 9.17) is 0 Å². The molecule has 0 saturated heterocycles. The zero-order valence-electron chi connectivity index (χ0n) is 12.2. The highest BCUT2D eigenvalue weighted by molar-refractivity contribution is 5.93. The number of carbonyl (C=O) groups is 1. The summed E-state index contributed by atoms with van der Waals surface area (Å²) in [5.41, 5.74) is 2.50. The Balaban J connectivity index is 2.04. The van der Waals surface area contributed by atoms with Gasteiger partial charge >= 0.3 is 0 Å². The van der Waals surface area contributed by atoms with E-state index in [-0.39, 0.29) is 11.5 Å². The first-order valence-corrected chi connectivity index (χ1v) is 6.74. The fraction of sp³-hybridized carbons (Fsp3) is 0.250. The minimum absolute atomic E-state index is 0.203. The smallest absolute Gasteiger partial charge is 0.253 e. The van der Waals surface area contributed by atoms with Crippen molar-refractivity contribution < 1.29 is 4.79 Å². The predicted octanol–water partition coefficient (Wildman–Crippen LogP) is 1.37. The SMILES string of the molecule is CN(C)Cc1ccccc1CNC(=O)c1ccc(=O)[nH]c1. The lowest BCUT2D eigenvalue weighted by atomic mass is 10.1. The third-order valence-electron chi connectivity index (χ3n) is 3.09. The molecular formula is C16H19N3O2. The molecular weight excluding hydrogens is 266 g/mol. The Morgan fingerprint density at radius 3 is 2.48 bits per heavy atom. The maximum Gasteiger partial charge on any atom is 0.253 e. The second kappa shape index (κ2) is 6.85. The molecule has 1 aromatic heterocycles. The number of aromatic nitrogens is 1. The molecule has 0 radical (unpaired) electrons. The number of amides is 1. The second-order valence-corrected chi connectivity index (χ2v) is 5.13. The van der Waals surface area contributed by atoms with Gasteiger partial charge in [-0.05, 0) is 31.3 Å². The van der Waals surface area contributed by atoms with E-state index >= 15 is 0 Å². The highest BCUT2D eigenvalue weighted by atomic mass is 16.1. The lowest BCUT2D eigenvalue weighted by molar-refractivity contribution is 0.0950. The van der Waals surface area contributed by atoms with Gasteiger partial charge in [0, 0.05) is 25.4 Å². The summed E-state index contributed by atoms with van der Waals surface area (Å²) >= 11 is 0. The van der Waals surface area contributed by atoms with Crippen LogP contribution in [0, 0.1) is 0 Å². The minimum Gasteiger partial charge on any atom is -0.348 e. The average Bonchev–Trinajstić information content (AvgIpc) is 2.46. The summed E-state index contributed by atoms with van der Waals surface area (Å²) in [6.07, 6.45) is 1.42. The third kappa shape index (κ3) is 4.29. The normalized spacial score (nSPS) is 10.6. The topological polar surface area (TPSA) is 65.2 Å². The molecule has 2 aromatic rings. The molecule has 0 saturated carbocycles. The van der Waals surface area contributed by atoms with E-state index in [9.17, 15) is 9.59 Å². The Labute approximate surface area is 123 Å². The van der Waals surface area contributed by atoms with Crippen LogP contribution in [0.1, 0.15) is 21.5 Å². The minimum atomic E-state index is -0.220. The van der Waals surface area contributed by atoms with Crippen molar-refractivity contribution >= 4 is 5.91 Å². The first-order chi connectivity index (χ1) is 10.1. The van der Waals surface area contributed by atoms with Crippen molar-refractivity contribution in [3.63, 3.8) is 0 Å². The number of carbonyl (C=O) groups excluding carboxylic acids is 1. The van der Waals surface area contributed by atoms with Crippen molar-refractivity contribution in [1.82, 2.24) is 15.2 Å². The first kappa shape index (κ1) is 15.0. The van der Waals surface area contributed by atoms with Crippen LogP contribution in [-0.4, -0.2) is 29.9 Å². The summed E-state index contributed by atoms with van der Waals surface area (Å²) in [5, 5.41) is 2.87. The molecule has 1 amide bonds. The molecule has 1 heterocycles. The van der Waals surface area contributed by atoms with E-state index in [2.05, 4.69) is 21.3 Å². The Morgan fingerprint density at radius 1 is 1.14 bits per heavy atom. The van der Waals surface area contributed by atoms with Gasteiger partial charge < -0.3 is 15.2 Å². The lowest BCUT2D eigenvalue weighted by Gasteiger charge is -2.14. The fourth-order valence-corrected chi connectivity index (χ4v) is 2.05. The summed E-state index contributed by atoms with van der Waals surface area (Å²) in [6.45, 7) is 1.28. The summed E-state index contributed by atoms with van der Waals surface area (Å²) in [5.74, 6) is -0.203. The predicted molar refractivity (Wildman–Crippen MR) is 82.1 cm³/mol. The van der Waals surface area contributed by atoms with Crippen LogP contribution in [0.5, 0.6) is 0 Å². The number of benzene rings is 1. The average molecular weight is 285 g/mol. The van der Waals surface area contributed by atoms with Gasteiger partial charge in [0.2, 0.25) is 5.56 Å². The number of hydrogen-bond donors (Lipinski definition) is 2. The highest BCUT2D eigenvalue weighted by Crippen LogP contribution is 2.10. The molecule has 0 fully saturated rings. The van der Waals surface area contributed by atoms with E-state index < -0.39 is 0 Å². The Bertz CT molecular complexity index is 657. The molecule has 0 aliphatic rings. The molecule has 0 spiro atoms. The van der Waals surface area contributed by atoms with Crippen LogP contribution in [-0.2, 0) is 13.1 Å². The molecule has 0 aliphatic carbocycles. The number of aromatic amines is 1. The highest BCUT2D eigenvalue weighted by Gasteiger charge is 2.07. The van der Waals surface area contributed by atoms with Crippen LogP contribution in [0.15, 0.2) is 47.4 Å². The molecule has 110 valence electrons. The van der Waals surface area contributed by atoms with Gasteiger partial charge in [0.25, 0.3) is 5.91 Å². The van der Waals surface area contributed by atoms with E-state index in [1.807, 2.05) is 32.3 Å². The lowest BCUT2D eigenvalue weighted by Crippen LogP contribution is -2.24. The van der Waals surface area contributed by atoms with E-state index in [0.717, 1.165) is 12.1 Å². The van der Waals surface area contributed by atoms with Gasteiger partial charge in [-0.3, -0.25) is 9.59 Å². The molecule has 5 nitrogen and oxygen atoms in total. The second-order valence-electron chi connectivity index (χ2n) is 5.13. The van der Waals surface area contributed by atoms with E-state index in [0.29, 0.717) is 12.1 Å². The number of rotatable bonds is 5. The van der Waals surface area contributed by atoms with E-state index in [1.165, 1.54) is 23.9 Å². The van der Waals surface area contributed by atoms with Gasteiger partial charge in [-0.25, -0.2) is 0 Å². The number of hydrogen-bond acceptors (Lipinski definition) is 3. The summed E-state index contributed by atoms with van der Waals surface area (Å²) in [7, 11) is 4.02. The Kier molecular flexibility index (Phi) is 4.90. The number of nitrogens with one attached hydrogen (secondary N) is 2. The Morgan fingerprint density at radius 2 is 1.86 bits per heavy atom. The molecule has 21 heavy (non-hydrogen) atoms. The van der Waals surface area contributed by atoms with Gasteiger partial charge in [0.15, 0.2) is 0 Å². The van der Waals surface area contributed by atoms with Gasteiger partial charge in [-0.15, -0.1) is 0 Å². The van der Waals surface area contributed by atoms with Crippen molar-refractivity contribution in [2.24, 2.45) is 0 Å². The Hall–Kier alpha value is -2.40. The molecule has 5 heteroatoms. The van der Waals surface area contributed by atoms with Crippen molar-refractivity contribution in [3.8, 4) is 0 Å². The van der Waals surface area contributed by atoms with Gasteiger partial charge in [-0.2, -0.15) is 0 Å². The van der Waals surface area contributed by atoms with Gasteiger partial charge in [0.05, 0.1) is 5.56 Å². The van der Waals surface area contributed by atoms with Crippen molar-refractivity contribution in [2.75, 3.05) is 14.1 Å². The molecule has 0 unspecified atom stereocenters. The van der Waals surface area contributed by atoms with Crippen LogP contribution in [0.4, 0.5) is 0 Å².